The normalized spacial score (nSPS) is 10.8. The first-order valence-electron chi connectivity index (χ1n) is 6.92. The summed E-state index contributed by atoms with van der Waals surface area (Å²) in [5.41, 5.74) is 0. The van der Waals surface area contributed by atoms with Gasteiger partial charge in [0, 0.05) is 0 Å². The monoisotopic (exact) mass is 248 g/mol. The lowest BCUT2D eigenvalue weighted by Gasteiger charge is -2.05. The van der Waals surface area contributed by atoms with Gasteiger partial charge >= 0.3 is 0 Å². The second kappa shape index (κ2) is 8.77. The molecule has 0 aliphatic carbocycles. The Labute approximate surface area is 110 Å². The first-order chi connectivity index (χ1) is 8.72. The molecule has 0 spiro atoms. The Hall–Kier alpha value is -1.27. The summed E-state index contributed by atoms with van der Waals surface area (Å²) >= 11 is 0. The average Bonchev–Trinajstić information content (AvgIpc) is 2.80. The van der Waals surface area contributed by atoms with Crippen molar-refractivity contribution >= 4 is 0 Å². The Balaban J connectivity index is 1.94. The molecule has 0 saturated heterocycles. The molecule has 0 fully saturated rings. The van der Waals surface area contributed by atoms with Crippen LogP contribution in [0.5, 0.6) is 0 Å². The maximum atomic E-state index is 8.62. The highest BCUT2D eigenvalue weighted by atomic mass is 16.3. The Morgan fingerprint density at radius 3 is 2.67 bits per heavy atom. The summed E-state index contributed by atoms with van der Waals surface area (Å²) in [5.74, 6) is 2.06. The van der Waals surface area contributed by atoms with Crippen molar-refractivity contribution in [1.82, 2.24) is 5.32 Å². The molecule has 0 radical (unpaired) electrons. The number of nitriles is 1. The average molecular weight is 248 g/mol. The molecule has 0 unspecified atom stereocenters. The van der Waals surface area contributed by atoms with Crippen LogP contribution < -0.4 is 5.32 Å². The van der Waals surface area contributed by atoms with Crippen molar-refractivity contribution in [2.45, 2.75) is 52.5 Å². The van der Waals surface area contributed by atoms with Crippen molar-refractivity contribution in [1.29, 1.82) is 5.26 Å². The zero-order chi connectivity index (χ0) is 13.2. The fourth-order valence-corrected chi connectivity index (χ4v) is 1.90. The number of nitrogens with one attached hydrogen (secondary N) is 1. The van der Waals surface area contributed by atoms with Gasteiger partial charge in [0.15, 0.2) is 0 Å². The van der Waals surface area contributed by atoms with E-state index in [9.17, 15) is 0 Å². The molecule has 0 aliphatic heterocycles. The minimum atomic E-state index is 0.389. The van der Waals surface area contributed by atoms with Gasteiger partial charge in [0.1, 0.15) is 11.8 Å². The maximum Gasteiger partial charge on any atom is 0.203 e. The molecule has 1 aromatic heterocycles. The standard InChI is InChI=1S/C15H24N2O/c1-13(2)7-5-3-4-6-10-17-12-15-9-8-14(11-16)18-15/h8-9,13,17H,3-7,10,12H2,1-2H3. The largest absolute Gasteiger partial charge is 0.449 e. The van der Waals surface area contributed by atoms with E-state index in [4.69, 9.17) is 9.68 Å². The number of hydrogen-bond donors (Lipinski definition) is 1. The minimum Gasteiger partial charge on any atom is -0.449 e. The molecular formula is C15H24N2O. The van der Waals surface area contributed by atoms with Crippen LogP contribution in [0, 0.1) is 17.2 Å². The smallest absolute Gasteiger partial charge is 0.203 e. The molecule has 100 valence electrons. The van der Waals surface area contributed by atoms with Gasteiger partial charge in [0.2, 0.25) is 5.76 Å². The molecule has 0 bridgehead atoms. The molecule has 18 heavy (non-hydrogen) atoms. The van der Waals surface area contributed by atoms with Gasteiger partial charge in [-0.2, -0.15) is 5.26 Å². The van der Waals surface area contributed by atoms with Crippen molar-refractivity contribution in [3.63, 3.8) is 0 Å². The van der Waals surface area contributed by atoms with Gasteiger partial charge in [-0.3, -0.25) is 0 Å². The summed E-state index contributed by atoms with van der Waals surface area (Å²) in [5, 5.41) is 12.0. The summed E-state index contributed by atoms with van der Waals surface area (Å²) in [6, 6.07) is 5.55. The Kier molecular flexibility index (Phi) is 7.20. The number of hydrogen-bond acceptors (Lipinski definition) is 3. The molecule has 3 nitrogen and oxygen atoms in total. The maximum absolute atomic E-state index is 8.62. The highest BCUT2D eigenvalue weighted by Crippen LogP contribution is 2.09. The third-order valence-electron chi connectivity index (χ3n) is 2.96. The molecule has 0 atom stereocenters. The SMILES string of the molecule is CC(C)CCCCCCNCc1ccc(C#N)o1. The molecule has 0 aliphatic rings. The van der Waals surface area contributed by atoms with E-state index in [1.165, 1.54) is 32.1 Å². The van der Waals surface area contributed by atoms with Crippen LogP contribution in [0.2, 0.25) is 0 Å². The topological polar surface area (TPSA) is 49.0 Å². The lowest BCUT2D eigenvalue weighted by Crippen LogP contribution is -2.14. The van der Waals surface area contributed by atoms with E-state index in [0.29, 0.717) is 12.3 Å². The summed E-state index contributed by atoms with van der Waals surface area (Å²) in [7, 11) is 0. The fraction of sp³-hybridized carbons (Fsp3) is 0.667. The second-order valence-electron chi connectivity index (χ2n) is 5.15. The van der Waals surface area contributed by atoms with Gasteiger partial charge in [0.25, 0.3) is 0 Å². The van der Waals surface area contributed by atoms with E-state index in [2.05, 4.69) is 19.2 Å². The van der Waals surface area contributed by atoms with Crippen LogP contribution in [0.3, 0.4) is 0 Å². The molecule has 0 saturated carbocycles. The van der Waals surface area contributed by atoms with Crippen molar-refractivity contribution in [3.05, 3.63) is 23.7 Å². The minimum absolute atomic E-state index is 0.389. The van der Waals surface area contributed by atoms with E-state index in [1.54, 1.807) is 6.07 Å². The molecular weight excluding hydrogens is 224 g/mol. The zero-order valence-electron chi connectivity index (χ0n) is 11.5. The Bertz CT molecular complexity index is 363. The number of unbranched alkanes of at least 4 members (excludes halogenated alkanes) is 3. The van der Waals surface area contributed by atoms with Gasteiger partial charge in [0.05, 0.1) is 6.54 Å². The van der Waals surface area contributed by atoms with Gasteiger partial charge in [-0.25, -0.2) is 0 Å². The van der Waals surface area contributed by atoms with Crippen molar-refractivity contribution < 1.29 is 4.42 Å². The predicted molar refractivity (Wildman–Crippen MR) is 73.1 cm³/mol. The number of nitrogens with zero attached hydrogens (tertiary/aromatic N) is 1. The van der Waals surface area contributed by atoms with Gasteiger partial charge in [-0.15, -0.1) is 0 Å². The van der Waals surface area contributed by atoms with Crippen molar-refractivity contribution in [2.75, 3.05) is 6.54 Å². The summed E-state index contributed by atoms with van der Waals surface area (Å²) in [6.45, 7) is 6.29. The molecule has 0 aromatic carbocycles. The van der Waals surface area contributed by atoms with Crippen LogP contribution in [0.4, 0.5) is 0 Å². The Morgan fingerprint density at radius 1 is 1.22 bits per heavy atom. The van der Waals surface area contributed by atoms with E-state index >= 15 is 0 Å². The molecule has 1 aromatic rings. The molecule has 0 amide bonds. The molecule has 1 heterocycles. The van der Waals surface area contributed by atoms with Crippen LogP contribution in [0.15, 0.2) is 16.5 Å². The zero-order valence-corrected chi connectivity index (χ0v) is 11.5. The third-order valence-corrected chi connectivity index (χ3v) is 2.96. The van der Waals surface area contributed by atoms with E-state index in [1.807, 2.05) is 12.1 Å². The van der Waals surface area contributed by atoms with Crippen LogP contribution in [0.25, 0.3) is 0 Å². The Morgan fingerprint density at radius 2 is 2.00 bits per heavy atom. The number of furan rings is 1. The summed E-state index contributed by atoms with van der Waals surface area (Å²) in [4.78, 5) is 0. The van der Waals surface area contributed by atoms with E-state index < -0.39 is 0 Å². The van der Waals surface area contributed by atoms with Crippen LogP contribution in [0.1, 0.15) is 57.5 Å². The van der Waals surface area contributed by atoms with Gasteiger partial charge in [-0.05, 0) is 31.0 Å². The molecule has 1 N–H and O–H groups in total. The van der Waals surface area contributed by atoms with Gasteiger partial charge < -0.3 is 9.73 Å². The predicted octanol–water partition coefficient (Wildman–Crippen LogP) is 3.85. The lowest BCUT2D eigenvalue weighted by atomic mass is 10.0. The van der Waals surface area contributed by atoms with Gasteiger partial charge in [-0.1, -0.05) is 39.5 Å². The molecule has 1 rings (SSSR count). The lowest BCUT2D eigenvalue weighted by molar-refractivity contribution is 0.465. The van der Waals surface area contributed by atoms with Crippen LogP contribution in [-0.4, -0.2) is 6.54 Å². The summed E-state index contributed by atoms with van der Waals surface area (Å²) < 4.78 is 5.28. The first-order valence-corrected chi connectivity index (χ1v) is 6.92. The highest BCUT2D eigenvalue weighted by molar-refractivity contribution is 5.18. The van der Waals surface area contributed by atoms with Crippen LogP contribution in [-0.2, 0) is 6.54 Å². The van der Waals surface area contributed by atoms with Crippen molar-refractivity contribution in [3.8, 4) is 6.07 Å². The van der Waals surface area contributed by atoms with E-state index in [0.717, 1.165) is 18.2 Å². The third kappa shape index (κ3) is 6.46. The van der Waals surface area contributed by atoms with Crippen molar-refractivity contribution in [2.24, 2.45) is 5.92 Å². The quantitative estimate of drug-likeness (QED) is 0.675. The first kappa shape index (κ1) is 14.8. The number of rotatable bonds is 9. The second-order valence-corrected chi connectivity index (χ2v) is 5.15. The highest BCUT2D eigenvalue weighted by Gasteiger charge is 2.00. The summed E-state index contributed by atoms with van der Waals surface area (Å²) in [6.07, 6.45) is 6.53. The molecule has 3 heteroatoms. The van der Waals surface area contributed by atoms with Crippen LogP contribution >= 0.6 is 0 Å². The fourth-order valence-electron chi connectivity index (χ4n) is 1.90. The van der Waals surface area contributed by atoms with E-state index in [-0.39, 0.29) is 0 Å².